The molecule has 1 aromatic heterocycles. The lowest BCUT2D eigenvalue weighted by atomic mass is 9.91. The van der Waals surface area contributed by atoms with Crippen molar-refractivity contribution in [2.24, 2.45) is 5.92 Å². The van der Waals surface area contributed by atoms with Gasteiger partial charge in [0.05, 0.1) is 16.3 Å². The number of aromatic amines is 1. The number of nitrogens with zero attached hydrogens (tertiary/aromatic N) is 1. The fraction of sp³-hybridized carbons (Fsp3) is 0.368. The predicted octanol–water partition coefficient (Wildman–Crippen LogP) is 4.09. The van der Waals surface area contributed by atoms with Crippen LogP contribution < -0.4 is 0 Å². The van der Waals surface area contributed by atoms with Crippen LogP contribution in [0.25, 0.3) is 0 Å². The number of hydrogen-bond acceptors (Lipinski definition) is 3. The minimum absolute atomic E-state index is 0.0723. The van der Waals surface area contributed by atoms with Gasteiger partial charge in [-0.3, -0.25) is 9.59 Å². The van der Waals surface area contributed by atoms with Crippen molar-refractivity contribution in [2.45, 2.75) is 19.3 Å². The molecule has 0 atom stereocenters. The van der Waals surface area contributed by atoms with Gasteiger partial charge in [0.15, 0.2) is 11.6 Å². The second kappa shape index (κ2) is 7.68. The molecule has 2 heterocycles. The van der Waals surface area contributed by atoms with Crippen molar-refractivity contribution < 1.29 is 18.4 Å². The number of benzene rings is 1. The standard InChI is InChI=1S/C19H19ClF2N2O2/c1-24-6-4-11(5-7-24)8-16(25)15-9-12(10-23-15)19(26)17-13(21)2-3-14(22)18(17)20/h2-3,9-11,23H,4-8H2,1H3. The molecule has 0 amide bonds. The molecular formula is C19H19ClF2N2O2. The Labute approximate surface area is 155 Å². The molecule has 0 saturated carbocycles. The molecule has 0 spiro atoms. The summed E-state index contributed by atoms with van der Waals surface area (Å²) in [5, 5.41) is -0.560. The van der Waals surface area contributed by atoms with Gasteiger partial charge in [0.1, 0.15) is 11.6 Å². The minimum atomic E-state index is -0.901. The second-order valence-corrected chi connectivity index (χ2v) is 7.10. The zero-order valence-electron chi connectivity index (χ0n) is 14.3. The molecule has 1 aromatic carbocycles. The van der Waals surface area contributed by atoms with Crippen molar-refractivity contribution in [1.29, 1.82) is 0 Å². The van der Waals surface area contributed by atoms with Crippen LogP contribution in [0.4, 0.5) is 8.78 Å². The second-order valence-electron chi connectivity index (χ2n) is 6.72. The number of halogens is 3. The molecule has 1 N–H and O–H groups in total. The first-order valence-electron chi connectivity index (χ1n) is 8.45. The molecule has 1 fully saturated rings. The Kier molecular flexibility index (Phi) is 5.53. The van der Waals surface area contributed by atoms with Gasteiger partial charge < -0.3 is 9.88 Å². The summed E-state index contributed by atoms with van der Waals surface area (Å²) >= 11 is 5.74. The molecule has 26 heavy (non-hydrogen) atoms. The Balaban J connectivity index is 1.74. The molecule has 0 aliphatic carbocycles. The molecule has 4 nitrogen and oxygen atoms in total. The number of aromatic nitrogens is 1. The van der Waals surface area contributed by atoms with Crippen molar-refractivity contribution in [2.75, 3.05) is 20.1 Å². The first-order chi connectivity index (χ1) is 12.4. The number of nitrogens with one attached hydrogen (secondary N) is 1. The van der Waals surface area contributed by atoms with E-state index < -0.39 is 28.0 Å². The van der Waals surface area contributed by atoms with E-state index in [9.17, 15) is 18.4 Å². The van der Waals surface area contributed by atoms with Gasteiger partial charge in [-0.25, -0.2) is 8.78 Å². The number of H-pyrrole nitrogens is 1. The monoisotopic (exact) mass is 380 g/mol. The zero-order valence-corrected chi connectivity index (χ0v) is 15.1. The van der Waals surface area contributed by atoms with E-state index in [1.807, 2.05) is 0 Å². The first-order valence-corrected chi connectivity index (χ1v) is 8.83. The molecule has 0 bridgehead atoms. The lowest BCUT2D eigenvalue weighted by molar-refractivity contribution is 0.0931. The summed E-state index contributed by atoms with van der Waals surface area (Å²) in [7, 11) is 2.05. The van der Waals surface area contributed by atoms with Crippen molar-refractivity contribution in [3.8, 4) is 0 Å². The summed E-state index contributed by atoms with van der Waals surface area (Å²) < 4.78 is 27.5. The van der Waals surface area contributed by atoms with Gasteiger partial charge in [-0.1, -0.05) is 11.6 Å². The number of rotatable bonds is 5. The fourth-order valence-corrected chi connectivity index (χ4v) is 3.44. The molecule has 3 rings (SSSR count). The number of Topliss-reactive ketones (excluding diaryl/α,β-unsaturated/α-hetero) is 1. The van der Waals surface area contributed by atoms with Crippen LogP contribution in [0.1, 0.15) is 45.7 Å². The van der Waals surface area contributed by atoms with Gasteiger partial charge >= 0.3 is 0 Å². The van der Waals surface area contributed by atoms with E-state index in [1.54, 1.807) is 0 Å². The maximum absolute atomic E-state index is 13.9. The molecular weight excluding hydrogens is 362 g/mol. The topological polar surface area (TPSA) is 53.2 Å². The number of carbonyl (C=O) groups is 2. The third kappa shape index (κ3) is 3.86. The Morgan fingerprint density at radius 1 is 1.23 bits per heavy atom. The van der Waals surface area contributed by atoms with E-state index in [-0.39, 0.29) is 11.3 Å². The Morgan fingerprint density at radius 3 is 2.58 bits per heavy atom. The van der Waals surface area contributed by atoms with Crippen LogP contribution in [0.3, 0.4) is 0 Å². The van der Waals surface area contributed by atoms with Crippen LogP contribution >= 0.6 is 11.6 Å². The lowest BCUT2D eigenvalue weighted by Crippen LogP contribution is -2.31. The average Bonchev–Trinajstić information content (AvgIpc) is 3.11. The third-order valence-electron chi connectivity index (χ3n) is 4.83. The summed E-state index contributed by atoms with van der Waals surface area (Å²) in [5.41, 5.74) is -0.164. The SMILES string of the molecule is CN1CCC(CC(=O)c2cc(C(=O)c3c(F)ccc(F)c3Cl)c[nH]2)CC1. The van der Waals surface area contributed by atoms with E-state index in [4.69, 9.17) is 11.6 Å². The van der Waals surface area contributed by atoms with Gasteiger partial charge in [0, 0.05) is 18.2 Å². The molecule has 7 heteroatoms. The fourth-order valence-electron chi connectivity index (χ4n) is 3.20. The van der Waals surface area contributed by atoms with Gasteiger partial charge in [-0.15, -0.1) is 0 Å². The van der Waals surface area contributed by atoms with Crippen LogP contribution in [0, 0.1) is 17.6 Å². The number of carbonyl (C=O) groups excluding carboxylic acids is 2. The predicted molar refractivity (Wildman–Crippen MR) is 94.8 cm³/mol. The molecule has 1 aliphatic rings. The van der Waals surface area contributed by atoms with Crippen LogP contribution in [0.5, 0.6) is 0 Å². The zero-order chi connectivity index (χ0) is 18.8. The van der Waals surface area contributed by atoms with Crippen LogP contribution in [0.2, 0.25) is 5.02 Å². The molecule has 0 unspecified atom stereocenters. The van der Waals surface area contributed by atoms with E-state index in [0.717, 1.165) is 38.1 Å². The third-order valence-corrected chi connectivity index (χ3v) is 5.20. The van der Waals surface area contributed by atoms with E-state index >= 15 is 0 Å². The van der Waals surface area contributed by atoms with Gasteiger partial charge in [0.2, 0.25) is 0 Å². The lowest BCUT2D eigenvalue weighted by Gasteiger charge is -2.28. The highest BCUT2D eigenvalue weighted by atomic mass is 35.5. The molecule has 1 aliphatic heterocycles. The minimum Gasteiger partial charge on any atom is -0.358 e. The largest absolute Gasteiger partial charge is 0.358 e. The Hall–Kier alpha value is -2.05. The van der Waals surface area contributed by atoms with Crippen LogP contribution in [-0.2, 0) is 0 Å². The average molecular weight is 381 g/mol. The Bertz CT molecular complexity index is 842. The quantitative estimate of drug-likeness (QED) is 0.627. The highest BCUT2D eigenvalue weighted by Crippen LogP contribution is 2.26. The molecule has 2 aromatic rings. The van der Waals surface area contributed by atoms with Crippen molar-refractivity contribution in [3.63, 3.8) is 0 Å². The summed E-state index contributed by atoms with van der Waals surface area (Å²) in [4.78, 5) is 29.9. The maximum Gasteiger partial charge on any atom is 0.199 e. The van der Waals surface area contributed by atoms with Crippen LogP contribution in [-0.4, -0.2) is 41.6 Å². The first kappa shape index (κ1) is 18.7. The van der Waals surface area contributed by atoms with Crippen molar-refractivity contribution >= 4 is 23.2 Å². The van der Waals surface area contributed by atoms with E-state index in [1.165, 1.54) is 12.3 Å². The number of piperidine rings is 1. The summed E-state index contributed by atoms with van der Waals surface area (Å²) in [5.74, 6) is -2.31. The molecule has 0 radical (unpaired) electrons. The number of likely N-dealkylation sites (tertiary alicyclic amines) is 1. The number of hydrogen-bond donors (Lipinski definition) is 1. The van der Waals surface area contributed by atoms with E-state index in [2.05, 4.69) is 16.9 Å². The van der Waals surface area contributed by atoms with Crippen LogP contribution in [0.15, 0.2) is 24.4 Å². The van der Waals surface area contributed by atoms with Gasteiger partial charge in [0.25, 0.3) is 0 Å². The van der Waals surface area contributed by atoms with E-state index in [0.29, 0.717) is 18.0 Å². The summed E-state index contributed by atoms with van der Waals surface area (Å²) in [6.45, 7) is 1.92. The Morgan fingerprint density at radius 2 is 1.88 bits per heavy atom. The van der Waals surface area contributed by atoms with Crippen molar-refractivity contribution in [3.05, 3.63) is 57.9 Å². The summed E-state index contributed by atoms with van der Waals surface area (Å²) in [6, 6.07) is 3.09. The van der Waals surface area contributed by atoms with Gasteiger partial charge in [-0.2, -0.15) is 0 Å². The molecule has 138 valence electrons. The number of ketones is 2. The summed E-state index contributed by atoms with van der Waals surface area (Å²) in [6.07, 6.45) is 3.64. The smallest absolute Gasteiger partial charge is 0.199 e. The van der Waals surface area contributed by atoms with Crippen molar-refractivity contribution in [1.82, 2.24) is 9.88 Å². The molecule has 1 saturated heterocycles. The van der Waals surface area contributed by atoms with Gasteiger partial charge in [-0.05, 0) is 57.1 Å². The highest BCUT2D eigenvalue weighted by Gasteiger charge is 2.24. The highest BCUT2D eigenvalue weighted by molar-refractivity contribution is 6.35. The maximum atomic E-state index is 13.9. The normalized spacial score (nSPS) is 16.0.